The van der Waals surface area contributed by atoms with Crippen molar-refractivity contribution in [3.05, 3.63) is 23.5 Å². The van der Waals surface area contributed by atoms with Crippen LogP contribution in [0.3, 0.4) is 0 Å². The molecule has 1 aromatic rings. The first-order valence-corrected chi connectivity index (χ1v) is 8.31. The topological polar surface area (TPSA) is 91.8 Å². The zero-order valence-corrected chi connectivity index (χ0v) is 14.5. The average molecular weight is 356 g/mol. The quantitative estimate of drug-likeness (QED) is 0.791. The van der Waals surface area contributed by atoms with Crippen molar-refractivity contribution in [2.75, 3.05) is 13.1 Å². The molecule has 1 aliphatic heterocycles. The van der Waals surface area contributed by atoms with Crippen molar-refractivity contribution in [1.82, 2.24) is 15.2 Å². The van der Waals surface area contributed by atoms with Crippen molar-refractivity contribution in [1.29, 1.82) is 0 Å². The van der Waals surface area contributed by atoms with Gasteiger partial charge in [-0.25, -0.2) is 9.78 Å². The van der Waals surface area contributed by atoms with Gasteiger partial charge in [-0.1, -0.05) is 25.4 Å². The zero-order valence-electron chi connectivity index (χ0n) is 13.7. The minimum absolute atomic E-state index is 0.00181. The summed E-state index contributed by atoms with van der Waals surface area (Å²) in [4.78, 5) is 29.0. The highest BCUT2D eigenvalue weighted by atomic mass is 35.5. The summed E-state index contributed by atoms with van der Waals surface area (Å²) in [6.07, 6.45) is 1.77. The highest BCUT2D eigenvalue weighted by Crippen LogP contribution is 2.20. The molecule has 1 aliphatic rings. The summed E-state index contributed by atoms with van der Waals surface area (Å²) in [5, 5.41) is 11.6. The lowest BCUT2D eigenvalue weighted by Crippen LogP contribution is -2.53. The van der Waals surface area contributed by atoms with Crippen molar-refractivity contribution in [3.8, 4) is 5.75 Å². The number of nitrogens with zero attached hydrogens (tertiary/aromatic N) is 2. The van der Waals surface area contributed by atoms with Crippen LogP contribution in [0.25, 0.3) is 0 Å². The number of rotatable bonds is 5. The van der Waals surface area contributed by atoms with Crippen molar-refractivity contribution in [3.63, 3.8) is 0 Å². The number of ether oxygens (including phenoxy) is 1. The van der Waals surface area contributed by atoms with Crippen LogP contribution in [0.2, 0.25) is 5.15 Å². The highest BCUT2D eigenvalue weighted by molar-refractivity contribution is 6.29. The Morgan fingerprint density at radius 3 is 2.54 bits per heavy atom. The number of hydrogen-bond donors (Lipinski definition) is 2. The molecule has 132 valence electrons. The van der Waals surface area contributed by atoms with Crippen LogP contribution in [0.4, 0.5) is 4.79 Å². The van der Waals surface area contributed by atoms with Gasteiger partial charge >= 0.3 is 6.09 Å². The second-order valence-electron chi connectivity index (χ2n) is 6.13. The maximum Gasteiger partial charge on any atom is 0.405 e. The third kappa shape index (κ3) is 4.99. The molecule has 0 aromatic carbocycles. The maximum absolute atomic E-state index is 12.5. The van der Waals surface area contributed by atoms with Crippen LogP contribution in [0.5, 0.6) is 5.75 Å². The molecule has 2 rings (SSSR count). The summed E-state index contributed by atoms with van der Waals surface area (Å²) in [6, 6.07) is 2.71. The lowest BCUT2D eigenvalue weighted by atomic mass is 10.0. The number of aromatic nitrogens is 1. The lowest BCUT2D eigenvalue weighted by Gasteiger charge is -2.35. The fourth-order valence-electron chi connectivity index (χ4n) is 2.66. The summed E-state index contributed by atoms with van der Waals surface area (Å²) >= 11 is 5.74. The van der Waals surface area contributed by atoms with Gasteiger partial charge in [-0.3, -0.25) is 4.79 Å². The number of nitrogens with one attached hydrogen (secondary N) is 1. The molecule has 8 heteroatoms. The van der Waals surface area contributed by atoms with Gasteiger partial charge in [-0.2, -0.15) is 0 Å². The van der Waals surface area contributed by atoms with Crippen LogP contribution in [0.1, 0.15) is 26.7 Å². The number of carboxylic acid groups (broad SMARTS) is 1. The standard InChI is InChI=1S/C16H22ClN3O4/c1-10(2)14(19-16(22)23)15(21)20-7-5-11(6-8-20)24-12-3-4-13(17)18-9-12/h3-4,9-11,14,19H,5-8H2,1-2H3,(H,22,23)/t14-/m0/s1. The minimum Gasteiger partial charge on any atom is -0.489 e. The van der Waals surface area contributed by atoms with E-state index >= 15 is 0 Å². The molecule has 7 nitrogen and oxygen atoms in total. The van der Waals surface area contributed by atoms with E-state index in [2.05, 4.69) is 10.3 Å². The molecule has 0 bridgehead atoms. The van der Waals surface area contributed by atoms with Crippen LogP contribution in [-0.4, -0.2) is 52.2 Å². The third-order valence-corrected chi connectivity index (χ3v) is 4.19. The first-order valence-electron chi connectivity index (χ1n) is 7.93. The Hall–Kier alpha value is -2.02. The number of halogens is 1. The zero-order chi connectivity index (χ0) is 17.7. The summed E-state index contributed by atoms with van der Waals surface area (Å²) in [5.41, 5.74) is 0. The Morgan fingerprint density at radius 1 is 1.38 bits per heavy atom. The summed E-state index contributed by atoms with van der Waals surface area (Å²) in [7, 11) is 0. The monoisotopic (exact) mass is 355 g/mol. The van der Waals surface area contributed by atoms with E-state index in [1.807, 2.05) is 13.8 Å². The molecule has 2 heterocycles. The number of hydrogen-bond acceptors (Lipinski definition) is 4. The molecule has 1 atom stereocenters. The van der Waals surface area contributed by atoms with Gasteiger partial charge in [0, 0.05) is 25.9 Å². The molecular formula is C16H22ClN3O4. The molecule has 1 aromatic heterocycles. The molecule has 24 heavy (non-hydrogen) atoms. The third-order valence-electron chi connectivity index (χ3n) is 3.97. The van der Waals surface area contributed by atoms with Crippen LogP contribution in [-0.2, 0) is 4.79 Å². The molecule has 2 amide bonds. The summed E-state index contributed by atoms with van der Waals surface area (Å²) in [6.45, 7) is 4.72. The van der Waals surface area contributed by atoms with Gasteiger partial charge < -0.3 is 20.1 Å². The predicted molar refractivity (Wildman–Crippen MR) is 89.3 cm³/mol. The van der Waals surface area contributed by atoms with E-state index in [0.29, 0.717) is 36.8 Å². The number of amides is 2. The van der Waals surface area contributed by atoms with E-state index in [-0.39, 0.29) is 17.9 Å². The average Bonchev–Trinajstić information content (AvgIpc) is 2.54. The van der Waals surface area contributed by atoms with E-state index in [9.17, 15) is 9.59 Å². The Labute approximate surface area is 146 Å². The van der Waals surface area contributed by atoms with Gasteiger partial charge in [-0.15, -0.1) is 0 Å². The van der Waals surface area contributed by atoms with E-state index in [4.69, 9.17) is 21.4 Å². The van der Waals surface area contributed by atoms with E-state index in [0.717, 1.165) is 0 Å². The van der Waals surface area contributed by atoms with Gasteiger partial charge in [0.25, 0.3) is 0 Å². The van der Waals surface area contributed by atoms with E-state index in [1.54, 1.807) is 23.2 Å². The maximum atomic E-state index is 12.5. The van der Waals surface area contributed by atoms with Crippen molar-refractivity contribution in [2.24, 2.45) is 5.92 Å². The van der Waals surface area contributed by atoms with E-state index < -0.39 is 12.1 Å². The summed E-state index contributed by atoms with van der Waals surface area (Å²) in [5.74, 6) is 0.360. The number of carbonyl (C=O) groups excluding carboxylic acids is 1. The molecule has 2 N–H and O–H groups in total. The number of likely N-dealkylation sites (tertiary alicyclic amines) is 1. The van der Waals surface area contributed by atoms with Crippen molar-refractivity contribution >= 4 is 23.6 Å². The number of piperidine rings is 1. The SMILES string of the molecule is CC(C)[C@H](NC(=O)O)C(=O)N1CCC(Oc2ccc(Cl)nc2)CC1. The van der Waals surface area contributed by atoms with Crippen LogP contribution in [0.15, 0.2) is 18.3 Å². The molecule has 1 saturated heterocycles. The van der Waals surface area contributed by atoms with Crippen molar-refractivity contribution < 1.29 is 19.4 Å². The molecule has 0 radical (unpaired) electrons. The Bertz CT molecular complexity index is 571. The second kappa shape index (κ2) is 8.19. The molecule has 1 fully saturated rings. The highest BCUT2D eigenvalue weighted by Gasteiger charge is 2.31. The lowest BCUT2D eigenvalue weighted by molar-refractivity contribution is -0.136. The largest absolute Gasteiger partial charge is 0.489 e. The molecular weight excluding hydrogens is 334 g/mol. The predicted octanol–water partition coefficient (Wildman–Crippen LogP) is 2.40. The van der Waals surface area contributed by atoms with Gasteiger partial charge in [0.15, 0.2) is 0 Å². The number of pyridine rings is 1. The first-order chi connectivity index (χ1) is 11.4. The van der Waals surface area contributed by atoms with Gasteiger partial charge in [-0.05, 0) is 18.1 Å². The van der Waals surface area contributed by atoms with Gasteiger partial charge in [0.1, 0.15) is 23.0 Å². The summed E-state index contributed by atoms with van der Waals surface area (Å²) < 4.78 is 5.84. The second-order valence-corrected chi connectivity index (χ2v) is 6.52. The Kier molecular flexibility index (Phi) is 6.25. The normalized spacial score (nSPS) is 16.8. The Morgan fingerprint density at radius 2 is 2.04 bits per heavy atom. The Balaban J connectivity index is 1.87. The fraction of sp³-hybridized carbons (Fsp3) is 0.562. The van der Waals surface area contributed by atoms with E-state index in [1.165, 1.54) is 0 Å². The first kappa shape index (κ1) is 18.3. The van der Waals surface area contributed by atoms with Crippen LogP contribution in [0, 0.1) is 5.92 Å². The molecule has 0 spiro atoms. The van der Waals surface area contributed by atoms with Crippen molar-refractivity contribution in [2.45, 2.75) is 38.8 Å². The van der Waals surface area contributed by atoms with Gasteiger partial charge in [0.2, 0.25) is 5.91 Å². The number of carbonyl (C=O) groups is 2. The smallest absolute Gasteiger partial charge is 0.405 e. The van der Waals surface area contributed by atoms with Crippen LogP contribution < -0.4 is 10.1 Å². The van der Waals surface area contributed by atoms with Gasteiger partial charge in [0.05, 0.1) is 6.20 Å². The molecule has 0 aliphatic carbocycles. The molecule has 0 saturated carbocycles. The molecule has 0 unspecified atom stereocenters. The fourth-order valence-corrected chi connectivity index (χ4v) is 2.77. The minimum atomic E-state index is -1.18. The van der Waals surface area contributed by atoms with Crippen LogP contribution >= 0.6 is 11.6 Å².